The third kappa shape index (κ3) is 3.25. The number of nitro benzene ring substituents is 1. The molecule has 0 saturated heterocycles. The lowest BCUT2D eigenvalue weighted by molar-refractivity contribution is -0.384. The monoisotopic (exact) mass is 257 g/mol. The number of hydrogen-bond acceptors (Lipinski definition) is 4. The van der Waals surface area contributed by atoms with Crippen molar-refractivity contribution in [3.8, 4) is 0 Å². The molecule has 6 heteroatoms. The Labute approximate surface area is 103 Å². The number of hydrogen-bond donors (Lipinski definition) is 1. The fourth-order valence-electron chi connectivity index (χ4n) is 1.44. The zero-order valence-corrected chi connectivity index (χ0v) is 9.92. The Morgan fingerprint density at radius 1 is 1.47 bits per heavy atom. The van der Waals surface area contributed by atoms with Gasteiger partial charge < -0.3 is 5.11 Å². The average Bonchev–Trinajstić information content (AvgIpc) is 2.29. The van der Waals surface area contributed by atoms with Crippen molar-refractivity contribution in [1.82, 2.24) is 0 Å². The van der Waals surface area contributed by atoms with E-state index in [4.69, 9.17) is 11.6 Å². The van der Waals surface area contributed by atoms with E-state index < -0.39 is 16.9 Å². The molecule has 17 heavy (non-hydrogen) atoms. The van der Waals surface area contributed by atoms with Crippen molar-refractivity contribution in [2.24, 2.45) is 5.92 Å². The number of rotatable bonds is 5. The number of nitrogens with zero attached hydrogens (tertiary/aromatic N) is 1. The lowest BCUT2D eigenvalue weighted by atomic mass is 9.94. The molecule has 0 aliphatic rings. The number of aliphatic hydroxyl groups excluding tert-OH is 1. The highest BCUT2D eigenvalue weighted by Gasteiger charge is 2.24. The number of ketones is 1. The summed E-state index contributed by atoms with van der Waals surface area (Å²) in [4.78, 5) is 21.1. The Morgan fingerprint density at radius 3 is 2.35 bits per heavy atom. The fraction of sp³-hybridized carbons (Fsp3) is 0.364. The van der Waals surface area contributed by atoms with Gasteiger partial charge in [0, 0.05) is 18.0 Å². The number of carbonyl (C=O) groups excluding carboxylic acids is 1. The first kappa shape index (κ1) is 13.6. The highest BCUT2D eigenvalue weighted by Crippen LogP contribution is 2.25. The van der Waals surface area contributed by atoms with Gasteiger partial charge in [0.25, 0.3) is 5.69 Å². The summed E-state index contributed by atoms with van der Waals surface area (Å²) in [6.45, 7) is 1.35. The first-order valence-corrected chi connectivity index (χ1v) is 5.49. The number of benzene rings is 1. The lowest BCUT2D eigenvalue weighted by Gasteiger charge is -2.18. The van der Waals surface area contributed by atoms with Crippen LogP contribution in [-0.4, -0.2) is 21.7 Å². The first-order valence-electron chi connectivity index (χ1n) is 4.96. The summed E-state index contributed by atoms with van der Waals surface area (Å²) in [5, 5.41) is 20.4. The molecule has 0 fully saturated rings. The molecule has 2 atom stereocenters. The van der Waals surface area contributed by atoms with Gasteiger partial charge in [-0.25, -0.2) is 0 Å². The van der Waals surface area contributed by atoms with Crippen LogP contribution in [0.4, 0.5) is 5.69 Å². The average molecular weight is 258 g/mol. The van der Waals surface area contributed by atoms with Crippen molar-refractivity contribution in [3.63, 3.8) is 0 Å². The van der Waals surface area contributed by atoms with E-state index in [2.05, 4.69) is 0 Å². The number of aliphatic hydroxyl groups is 1. The molecule has 1 aromatic rings. The van der Waals surface area contributed by atoms with Gasteiger partial charge in [-0.15, -0.1) is 11.6 Å². The van der Waals surface area contributed by atoms with Crippen LogP contribution in [0, 0.1) is 16.0 Å². The van der Waals surface area contributed by atoms with Gasteiger partial charge in [0.1, 0.15) is 5.78 Å². The van der Waals surface area contributed by atoms with E-state index in [-0.39, 0.29) is 17.4 Å². The third-order valence-electron chi connectivity index (χ3n) is 2.51. The van der Waals surface area contributed by atoms with Crippen LogP contribution in [0.3, 0.4) is 0 Å². The maximum Gasteiger partial charge on any atom is 0.269 e. The van der Waals surface area contributed by atoms with Crippen LogP contribution in [-0.2, 0) is 4.79 Å². The Balaban J connectivity index is 2.92. The summed E-state index contributed by atoms with van der Waals surface area (Å²) in [7, 11) is 0. The standard InChI is InChI=1S/C11H12ClNO4/c1-7(14)10(6-12)11(15)8-2-4-9(5-3-8)13(16)17/h2-5,10-11,15H,6H2,1H3/t10-,11-/m0/s1. The van der Waals surface area contributed by atoms with E-state index in [9.17, 15) is 20.0 Å². The molecule has 5 nitrogen and oxygen atoms in total. The number of alkyl halides is 1. The van der Waals surface area contributed by atoms with Crippen LogP contribution in [0.2, 0.25) is 0 Å². The zero-order valence-electron chi connectivity index (χ0n) is 9.17. The van der Waals surface area contributed by atoms with Gasteiger partial charge in [0.05, 0.1) is 16.9 Å². The van der Waals surface area contributed by atoms with Crippen molar-refractivity contribution < 1.29 is 14.8 Å². The minimum absolute atomic E-state index is 0.00743. The van der Waals surface area contributed by atoms with Crippen molar-refractivity contribution in [2.45, 2.75) is 13.0 Å². The van der Waals surface area contributed by atoms with Crippen LogP contribution >= 0.6 is 11.6 Å². The summed E-state index contributed by atoms with van der Waals surface area (Å²) in [5.41, 5.74) is 0.377. The number of halogens is 1. The van der Waals surface area contributed by atoms with E-state index in [1.165, 1.54) is 31.2 Å². The van der Waals surface area contributed by atoms with Crippen LogP contribution in [0.5, 0.6) is 0 Å². The van der Waals surface area contributed by atoms with Crippen molar-refractivity contribution in [2.75, 3.05) is 5.88 Å². The zero-order chi connectivity index (χ0) is 13.0. The quantitative estimate of drug-likeness (QED) is 0.497. The normalized spacial score (nSPS) is 14.1. The molecule has 0 aliphatic heterocycles. The van der Waals surface area contributed by atoms with Crippen LogP contribution in [0.15, 0.2) is 24.3 Å². The van der Waals surface area contributed by atoms with Gasteiger partial charge >= 0.3 is 0 Å². The molecule has 0 amide bonds. The molecule has 0 radical (unpaired) electrons. The van der Waals surface area contributed by atoms with E-state index in [1.54, 1.807) is 0 Å². The van der Waals surface area contributed by atoms with Gasteiger partial charge in [-0.2, -0.15) is 0 Å². The molecule has 0 bridgehead atoms. The lowest BCUT2D eigenvalue weighted by Crippen LogP contribution is -2.21. The number of carbonyl (C=O) groups is 1. The van der Waals surface area contributed by atoms with Crippen LogP contribution in [0.25, 0.3) is 0 Å². The summed E-state index contributed by atoms with van der Waals surface area (Å²) < 4.78 is 0. The Kier molecular flexibility index (Phi) is 4.60. The molecule has 92 valence electrons. The Bertz CT molecular complexity index is 418. The van der Waals surface area contributed by atoms with Gasteiger partial charge in [-0.05, 0) is 24.6 Å². The third-order valence-corrected chi connectivity index (χ3v) is 2.85. The van der Waals surface area contributed by atoms with Crippen molar-refractivity contribution >= 4 is 23.1 Å². The topological polar surface area (TPSA) is 80.4 Å². The molecule has 1 N–H and O–H groups in total. The van der Waals surface area contributed by atoms with E-state index in [0.29, 0.717) is 5.56 Å². The molecule has 0 spiro atoms. The second-order valence-electron chi connectivity index (χ2n) is 3.66. The predicted molar refractivity (Wildman–Crippen MR) is 62.9 cm³/mol. The Hall–Kier alpha value is -1.46. The van der Waals surface area contributed by atoms with Gasteiger partial charge in [0.15, 0.2) is 0 Å². The summed E-state index contributed by atoms with van der Waals surface area (Å²) in [6.07, 6.45) is -1.04. The largest absolute Gasteiger partial charge is 0.388 e. The predicted octanol–water partition coefficient (Wildman–Crippen LogP) is 2.07. The molecule has 0 heterocycles. The highest BCUT2D eigenvalue weighted by molar-refractivity contribution is 6.19. The van der Waals surface area contributed by atoms with Crippen molar-refractivity contribution in [1.29, 1.82) is 0 Å². The summed E-state index contributed by atoms with van der Waals surface area (Å²) >= 11 is 5.60. The van der Waals surface area contributed by atoms with Crippen LogP contribution < -0.4 is 0 Å². The molecule has 1 rings (SSSR count). The van der Waals surface area contributed by atoms with Crippen LogP contribution in [0.1, 0.15) is 18.6 Å². The van der Waals surface area contributed by atoms with Gasteiger partial charge in [0.2, 0.25) is 0 Å². The molecule has 0 aromatic heterocycles. The Morgan fingerprint density at radius 2 is 2.00 bits per heavy atom. The SMILES string of the molecule is CC(=O)[C@H](CCl)[C@@H](O)c1ccc([N+](=O)[O-])cc1. The van der Waals surface area contributed by atoms with Gasteiger partial charge in [-0.1, -0.05) is 0 Å². The minimum atomic E-state index is -1.04. The first-order chi connectivity index (χ1) is 7.97. The fourth-order valence-corrected chi connectivity index (χ4v) is 1.83. The maximum absolute atomic E-state index is 11.2. The number of non-ortho nitro benzene ring substituents is 1. The molecule has 1 aromatic carbocycles. The van der Waals surface area contributed by atoms with E-state index >= 15 is 0 Å². The molecule has 0 unspecified atom stereocenters. The molecule has 0 aliphatic carbocycles. The molecular weight excluding hydrogens is 246 g/mol. The highest BCUT2D eigenvalue weighted by atomic mass is 35.5. The second kappa shape index (κ2) is 5.75. The smallest absolute Gasteiger partial charge is 0.269 e. The molecule has 0 saturated carbocycles. The van der Waals surface area contributed by atoms with Crippen molar-refractivity contribution in [3.05, 3.63) is 39.9 Å². The maximum atomic E-state index is 11.2. The molecular formula is C11H12ClNO4. The summed E-state index contributed by atoms with van der Waals surface area (Å²) in [5.74, 6) is -0.906. The van der Waals surface area contributed by atoms with Gasteiger partial charge in [-0.3, -0.25) is 14.9 Å². The number of nitro groups is 1. The van der Waals surface area contributed by atoms with E-state index in [0.717, 1.165) is 0 Å². The van der Waals surface area contributed by atoms with E-state index in [1.807, 2.05) is 0 Å². The second-order valence-corrected chi connectivity index (χ2v) is 3.97. The summed E-state index contributed by atoms with van der Waals surface area (Å²) in [6, 6.07) is 5.41. The minimum Gasteiger partial charge on any atom is -0.388 e. The number of Topliss-reactive ketones (excluding diaryl/α,β-unsaturated/α-hetero) is 1.